The predicted molar refractivity (Wildman–Crippen MR) is 141 cm³/mol. The van der Waals surface area contributed by atoms with E-state index in [1.54, 1.807) is 13.1 Å². The van der Waals surface area contributed by atoms with E-state index < -0.39 is 15.6 Å². The number of amides is 1. The molecule has 0 saturated heterocycles. The molecule has 11 nitrogen and oxygen atoms in total. The molecule has 1 amide bonds. The maximum Gasteiger partial charge on any atom is 0.244 e. The SMILES string of the molecule is CN(C)CCN(C1(C(=O)N(C)CCO)CCCC1)S(=O)(=O)c1ccc2c(Cl)cnc(N=C(N)N)c2c1. The van der Waals surface area contributed by atoms with Crippen molar-refractivity contribution in [3.8, 4) is 0 Å². The number of rotatable bonds is 10. The van der Waals surface area contributed by atoms with E-state index >= 15 is 0 Å². The summed E-state index contributed by atoms with van der Waals surface area (Å²) in [4.78, 5) is 25.1. The molecule has 1 saturated carbocycles. The third-order valence-corrected chi connectivity index (χ3v) is 8.71. The van der Waals surface area contributed by atoms with Gasteiger partial charge in [-0.05, 0) is 39.1 Å². The highest BCUT2D eigenvalue weighted by Gasteiger charge is 2.52. The molecule has 3 rings (SSSR count). The number of likely N-dealkylation sites (N-methyl/N-ethyl adjacent to an activating group) is 2. The van der Waals surface area contributed by atoms with Gasteiger partial charge in [-0.2, -0.15) is 9.30 Å². The fraction of sp³-hybridized carbons (Fsp3) is 0.522. The zero-order valence-corrected chi connectivity index (χ0v) is 22.4. The van der Waals surface area contributed by atoms with Gasteiger partial charge in [-0.3, -0.25) is 4.79 Å². The Bertz CT molecular complexity index is 1240. The molecule has 36 heavy (non-hydrogen) atoms. The minimum Gasteiger partial charge on any atom is -0.395 e. The van der Waals surface area contributed by atoms with Gasteiger partial charge in [0.25, 0.3) is 0 Å². The van der Waals surface area contributed by atoms with Crippen molar-refractivity contribution in [1.82, 2.24) is 19.1 Å². The summed E-state index contributed by atoms with van der Waals surface area (Å²) in [6.45, 7) is 0.428. The lowest BCUT2D eigenvalue weighted by Crippen LogP contribution is -2.60. The van der Waals surface area contributed by atoms with Crippen LogP contribution in [0.1, 0.15) is 25.7 Å². The Morgan fingerprint density at radius 3 is 2.39 bits per heavy atom. The highest BCUT2D eigenvalue weighted by molar-refractivity contribution is 7.89. The number of hydrogen-bond acceptors (Lipinski definition) is 7. The molecule has 198 valence electrons. The largest absolute Gasteiger partial charge is 0.395 e. The number of aromatic nitrogens is 1. The first-order valence-corrected chi connectivity index (χ1v) is 13.5. The van der Waals surface area contributed by atoms with E-state index in [0.717, 1.165) is 12.8 Å². The van der Waals surface area contributed by atoms with Gasteiger partial charge < -0.3 is 26.4 Å². The van der Waals surface area contributed by atoms with Crippen molar-refractivity contribution in [1.29, 1.82) is 0 Å². The van der Waals surface area contributed by atoms with Gasteiger partial charge in [-0.15, -0.1) is 0 Å². The number of aliphatic hydroxyl groups excluding tert-OH is 1. The van der Waals surface area contributed by atoms with Gasteiger partial charge in [0.15, 0.2) is 11.8 Å². The maximum atomic E-state index is 14.2. The van der Waals surface area contributed by atoms with E-state index in [4.69, 9.17) is 23.1 Å². The minimum atomic E-state index is -4.17. The van der Waals surface area contributed by atoms with E-state index in [1.165, 1.54) is 27.5 Å². The van der Waals surface area contributed by atoms with Crippen LogP contribution in [0.25, 0.3) is 10.8 Å². The summed E-state index contributed by atoms with van der Waals surface area (Å²) in [6.07, 6.45) is 3.63. The Hall–Kier alpha value is -2.51. The molecule has 1 fully saturated rings. The average molecular weight is 540 g/mol. The number of pyridine rings is 1. The van der Waals surface area contributed by atoms with Crippen LogP contribution in [0, 0.1) is 0 Å². The maximum absolute atomic E-state index is 14.2. The van der Waals surface area contributed by atoms with Crippen LogP contribution < -0.4 is 11.5 Å². The van der Waals surface area contributed by atoms with Crippen molar-refractivity contribution in [3.05, 3.63) is 29.4 Å². The van der Waals surface area contributed by atoms with Crippen molar-refractivity contribution >= 4 is 50.1 Å². The number of sulfonamides is 1. The molecule has 0 unspecified atom stereocenters. The van der Waals surface area contributed by atoms with Crippen molar-refractivity contribution in [2.45, 2.75) is 36.1 Å². The standard InChI is InChI=1S/C23H34ClN7O4S/c1-29(2)10-11-31(23(8-4-5-9-23)21(33)30(3)12-13-32)36(34,35)16-6-7-17-18(14-16)20(28-22(25)26)27-15-19(17)24/h6-7,14-15,32H,4-5,8-13H2,1-3H3,(H4,25,26,27,28). The number of aliphatic hydroxyl groups is 1. The van der Waals surface area contributed by atoms with Crippen LogP contribution in [0.3, 0.4) is 0 Å². The first-order valence-electron chi connectivity index (χ1n) is 11.7. The molecular formula is C23H34ClN7O4S. The number of hydrogen-bond donors (Lipinski definition) is 3. The normalized spacial score (nSPS) is 15.5. The van der Waals surface area contributed by atoms with Crippen LogP contribution >= 0.6 is 11.6 Å². The molecule has 0 bridgehead atoms. The molecule has 5 N–H and O–H groups in total. The van der Waals surface area contributed by atoms with Crippen molar-refractivity contribution in [2.24, 2.45) is 16.5 Å². The molecule has 0 aliphatic heterocycles. The molecule has 0 radical (unpaired) electrons. The Kier molecular flexibility index (Phi) is 8.78. The fourth-order valence-electron chi connectivity index (χ4n) is 4.66. The second-order valence-electron chi connectivity index (χ2n) is 9.24. The predicted octanol–water partition coefficient (Wildman–Crippen LogP) is 1.11. The quantitative estimate of drug-likeness (QED) is 0.299. The van der Waals surface area contributed by atoms with E-state index in [2.05, 4.69) is 9.98 Å². The molecule has 1 aromatic heterocycles. The van der Waals surface area contributed by atoms with Crippen molar-refractivity contribution in [2.75, 3.05) is 47.4 Å². The lowest BCUT2D eigenvalue weighted by Gasteiger charge is -2.41. The summed E-state index contributed by atoms with van der Waals surface area (Å²) in [5, 5.41) is 10.6. The van der Waals surface area contributed by atoms with Gasteiger partial charge in [0.05, 0.1) is 16.5 Å². The lowest BCUT2D eigenvalue weighted by atomic mass is 9.95. The highest BCUT2D eigenvalue weighted by atomic mass is 35.5. The Labute approximate surface area is 216 Å². The van der Waals surface area contributed by atoms with Crippen LogP contribution in [0.5, 0.6) is 0 Å². The highest BCUT2D eigenvalue weighted by Crippen LogP contribution is 2.41. The number of benzene rings is 1. The second-order valence-corrected chi connectivity index (χ2v) is 11.5. The molecule has 1 aliphatic rings. The topological polar surface area (TPSA) is 158 Å². The summed E-state index contributed by atoms with van der Waals surface area (Å²) in [7, 11) is 1.11. The zero-order chi connectivity index (χ0) is 26.7. The van der Waals surface area contributed by atoms with Gasteiger partial charge in [-0.25, -0.2) is 13.4 Å². The van der Waals surface area contributed by atoms with Crippen LogP contribution in [-0.2, 0) is 14.8 Å². The van der Waals surface area contributed by atoms with E-state index in [1.807, 2.05) is 19.0 Å². The van der Waals surface area contributed by atoms with Crippen LogP contribution in [0.4, 0.5) is 5.82 Å². The average Bonchev–Trinajstić information content (AvgIpc) is 3.30. The monoisotopic (exact) mass is 539 g/mol. The first-order chi connectivity index (χ1) is 16.9. The number of nitrogens with two attached hydrogens (primary N) is 2. The lowest BCUT2D eigenvalue weighted by molar-refractivity contribution is -0.140. The van der Waals surface area contributed by atoms with Gasteiger partial charge in [0.1, 0.15) is 5.54 Å². The molecule has 1 heterocycles. The summed E-state index contributed by atoms with van der Waals surface area (Å²) >= 11 is 6.30. The van der Waals surface area contributed by atoms with Crippen molar-refractivity contribution in [3.63, 3.8) is 0 Å². The number of nitrogens with zero attached hydrogens (tertiary/aromatic N) is 5. The van der Waals surface area contributed by atoms with E-state index in [0.29, 0.717) is 35.2 Å². The molecule has 0 spiro atoms. The van der Waals surface area contributed by atoms with Gasteiger partial charge in [0.2, 0.25) is 15.9 Å². The van der Waals surface area contributed by atoms with E-state index in [9.17, 15) is 18.3 Å². The van der Waals surface area contributed by atoms with Gasteiger partial charge in [0, 0.05) is 43.7 Å². The zero-order valence-electron chi connectivity index (χ0n) is 20.8. The van der Waals surface area contributed by atoms with E-state index in [-0.39, 0.29) is 42.3 Å². The van der Waals surface area contributed by atoms with Gasteiger partial charge in [-0.1, -0.05) is 30.5 Å². The van der Waals surface area contributed by atoms with Crippen molar-refractivity contribution < 1.29 is 18.3 Å². The summed E-state index contributed by atoms with van der Waals surface area (Å²) in [6, 6.07) is 4.50. The molecule has 13 heteroatoms. The Balaban J connectivity index is 2.20. The summed E-state index contributed by atoms with van der Waals surface area (Å²) in [5.41, 5.74) is 9.84. The second kappa shape index (κ2) is 11.3. The fourth-order valence-corrected chi connectivity index (χ4v) is 6.68. The summed E-state index contributed by atoms with van der Waals surface area (Å²) in [5.74, 6) is -0.405. The van der Waals surface area contributed by atoms with Crippen LogP contribution in [0.15, 0.2) is 34.3 Å². The number of carbonyl (C=O) groups is 1. The molecule has 1 aromatic carbocycles. The number of fused-ring (bicyclic) bond motifs is 1. The molecular weight excluding hydrogens is 506 g/mol. The first kappa shape index (κ1) is 28.1. The van der Waals surface area contributed by atoms with Crippen LogP contribution in [-0.4, -0.2) is 97.4 Å². The van der Waals surface area contributed by atoms with Gasteiger partial charge >= 0.3 is 0 Å². The molecule has 2 aromatic rings. The Morgan fingerprint density at radius 2 is 1.81 bits per heavy atom. The Morgan fingerprint density at radius 1 is 1.14 bits per heavy atom. The molecule has 0 atom stereocenters. The molecule has 1 aliphatic carbocycles. The summed E-state index contributed by atoms with van der Waals surface area (Å²) < 4.78 is 29.8. The number of aliphatic imine (C=N–C) groups is 1. The van der Waals surface area contributed by atoms with Crippen LogP contribution in [0.2, 0.25) is 5.02 Å². The minimum absolute atomic E-state index is 0.0197. The number of halogens is 1. The smallest absolute Gasteiger partial charge is 0.244 e. The number of guanidine groups is 1. The third kappa shape index (κ3) is 5.57. The third-order valence-electron chi connectivity index (χ3n) is 6.45. The number of carbonyl (C=O) groups excluding carboxylic acids is 1.